The quantitative estimate of drug-likeness (QED) is 0.631. The van der Waals surface area contributed by atoms with Crippen LogP contribution in [0.1, 0.15) is 13.3 Å². The summed E-state index contributed by atoms with van der Waals surface area (Å²) in [6.45, 7) is 5.44. The van der Waals surface area contributed by atoms with Gasteiger partial charge in [0.25, 0.3) is 0 Å². The Kier molecular flexibility index (Phi) is 5.93. The zero-order chi connectivity index (χ0) is 12.7. The number of nitrogens with two attached hydrogens (primary N) is 1. The summed E-state index contributed by atoms with van der Waals surface area (Å²) in [5.41, 5.74) is 5.27. The molecule has 0 aromatic rings. The molecular weight excluding hydrogens is 222 g/mol. The molecule has 1 rings (SSSR count). The number of piperazine rings is 1. The van der Waals surface area contributed by atoms with Crippen LogP contribution in [0.25, 0.3) is 0 Å². The molecule has 98 valence electrons. The first-order valence-electron chi connectivity index (χ1n) is 5.96. The summed E-state index contributed by atoms with van der Waals surface area (Å²) in [5.74, 6) is 0.161. The number of hydrogen-bond donors (Lipinski definition) is 1. The largest absolute Gasteiger partial charge is 0.380 e. The highest BCUT2D eigenvalue weighted by Crippen LogP contribution is 2.04. The van der Waals surface area contributed by atoms with Crippen molar-refractivity contribution in [3.05, 3.63) is 0 Å². The summed E-state index contributed by atoms with van der Waals surface area (Å²) in [4.78, 5) is 26.4. The molecule has 0 bridgehead atoms. The normalized spacial score (nSPS) is 16.1. The molecule has 6 heteroatoms. The van der Waals surface area contributed by atoms with Gasteiger partial charge >= 0.3 is 0 Å². The number of hydrogen-bond acceptors (Lipinski definition) is 4. The van der Waals surface area contributed by atoms with Crippen molar-refractivity contribution in [2.45, 2.75) is 13.3 Å². The van der Waals surface area contributed by atoms with Crippen LogP contribution in [0.4, 0.5) is 0 Å². The van der Waals surface area contributed by atoms with E-state index in [-0.39, 0.29) is 11.8 Å². The maximum atomic E-state index is 11.7. The molecule has 0 radical (unpaired) electrons. The highest BCUT2D eigenvalue weighted by atomic mass is 16.5. The second kappa shape index (κ2) is 7.24. The Morgan fingerprint density at radius 2 is 1.71 bits per heavy atom. The molecule has 1 fully saturated rings. The lowest BCUT2D eigenvalue weighted by molar-refractivity contribution is -0.139. The number of carbonyl (C=O) groups excluding carboxylic acids is 2. The fraction of sp³-hybridized carbons (Fsp3) is 0.818. The monoisotopic (exact) mass is 243 g/mol. The van der Waals surface area contributed by atoms with Gasteiger partial charge in [0.15, 0.2) is 0 Å². The van der Waals surface area contributed by atoms with Gasteiger partial charge in [-0.25, -0.2) is 0 Å². The SMILES string of the molecule is CC(=O)N1CCN(C(=O)CCOCCN)CC1. The molecule has 0 unspecified atom stereocenters. The van der Waals surface area contributed by atoms with Crippen LogP contribution >= 0.6 is 0 Å². The Hall–Kier alpha value is -1.14. The lowest BCUT2D eigenvalue weighted by Crippen LogP contribution is -2.50. The van der Waals surface area contributed by atoms with Gasteiger partial charge in [0, 0.05) is 39.6 Å². The summed E-state index contributed by atoms with van der Waals surface area (Å²) < 4.78 is 5.17. The highest BCUT2D eigenvalue weighted by Gasteiger charge is 2.21. The molecule has 6 nitrogen and oxygen atoms in total. The fourth-order valence-corrected chi connectivity index (χ4v) is 1.77. The van der Waals surface area contributed by atoms with Crippen LogP contribution in [0.3, 0.4) is 0 Å². The summed E-state index contributed by atoms with van der Waals surface area (Å²) in [6, 6.07) is 0. The minimum atomic E-state index is 0.0726. The Balaban J connectivity index is 2.19. The molecule has 0 aromatic heterocycles. The average Bonchev–Trinajstić information content (AvgIpc) is 2.34. The highest BCUT2D eigenvalue weighted by molar-refractivity contribution is 5.77. The van der Waals surface area contributed by atoms with E-state index >= 15 is 0 Å². The summed E-state index contributed by atoms with van der Waals surface area (Å²) >= 11 is 0. The Bertz CT molecular complexity index is 263. The molecule has 0 saturated carbocycles. The van der Waals surface area contributed by atoms with E-state index in [0.717, 1.165) is 0 Å². The third kappa shape index (κ3) is 4.70. The minimum absolute atomic E-state index is 0.0726. The fourth-order valence-electron chi connectivity index (χ4n) is 1.77. The maximum absolute atomic E-state index is 11.7. The van der Waals surface area contributed by atoms with Crippen LogP contribution in [0.5, 0.6) is 0 Å². The van der Waals surface area contributed by atoms with Gasteiger partial charge < -0.3 is 20.3 Å². The second-order valence-corrected chi connectivity index (χ2v) is 4.04. The van der Waals surface area contributed by atoms with Crippen LogP contribution in [-0.4, -0.2) is 67.6 Å². The summed E-state index contributed by atoms with van der Waals surface area (Å²) in [6.07, 6.45) is 0.389. The predicted molar refractivity (Wildman–Crippen MR) is 63.3 cm³/mol. The molecule has 0 aliphatic carbocycles. The maximum Gasteiger partial charge on any atom is 0.225 e. The Morgan fingerprint density at radius 3 is 2.24 bits per heavy atom. The molecule has 0 spiro atoms. The lowest BCUT2D eigenvalue weighted by Gasteiger charge is -2.34. The smallest absolute Gasteiger partial charge is 0.225 e. The number of amides is 2. The Morgan fingerprint density at radius 1 is 1.12 bits per heavy atom. The van der Waals surface area contributed by atoms with Crippen molar-refractivity contribution in [2.75, 3.05) is 45.9 Å². The standard InChI is InChI=1S/C11H21N3O3/c1-10(15)13-4-6-14(7-5-13)11(16)2-8-17-9-3-12/h2-9,12H2,1H3. The average molecular weight is 243 g/mol. The van der Waals surface area contributed by atoms with E-state index in [1.807, 2.05) is 0 Å². The molecule has 0 aromatic carbocycles. The van der Waals surface area contributed by atoms with Crippen molar-refractivity contribution in [3.63, 3.8) is 0 Å². The number of carbonyl (C=O) groups is 2. The molecule has 2 N–H and O–H groups in total. The topological polar surface area (TPSA) is 75.9 Å². The molecule has 17 heavy (non-hydrogen) atoms. The van der Waals surface area contributed by atoms with E-state index in [2.05, 4.69) is 0 Å². The predicted octanol–water partition coefficient (Wildman–Crippen LogP) is -0.957. The van der Waals surface area contributed by atoms with Crippen LogP contribution in [0.15, 0.2) is 0 Å². The van der Waals surface area contributed by atoms with Crippen LogP contribution in [0.2, 0.25) is 0 Å². The first-order chi connectivity index (χ1) is 8.15. The van der Waals surface area contributed by atoms with Crippen LogP contribution < -0.4 is 5.73 Å². The zero-order valence-electron chi connectivity index (χ0n) is 10.4. The van der Waals surface area contributed by atoms with Gasteiger partial charge in [-0.05, 0) is 0 Å². The molecule has 1 aliphatic heterocycles. The van der Waals surface area contributed by atoms with Crippen molar-refractivity contribution in [3.8, 4) is 0 Å². The zero-order valence-corrected chi connectivity index (χ0v) is 10.4. The van der Waals surface area contributed by atoms with E-state index in [1.165, 1.54) is 0 Å². The van der Waals surface area contributed by atoms with E-state index in [9.17, 15) is 9.59 Å². The van der Waals surface area contributed by atoms with Crippen molar-refractivity contribution >= 4 is 11.8 Å². The van der Waals surface area contributed by atoms with Crippen molar-refractivity contribution in [2.24, 2.45) is 5.73 Å². The van der Waals surface area contributed by atoms with E-state index in [4.69, 9.17) is 10.5 Å². The van der Waals surface area contributed by atoms with Gasteiger partial charge in [-0.3, -0.25) is 9.59 Å². The van der Waals surface area contributed by atoms with Gasteiger partial charge in [-0.15, -0.1) is 0 Å². The van der Waals surface area contributed by atoms with Crippen LogP contribution in [-0.2, 0) is 14.3 Å². The third-order valence-electron chi connectivity index (χ3n) is 2.80. The van der Waals surface area contributed by atoms with Crippen LogP contribution in [0, 0.1) is 0 Å². The second-order valence-electron chi connectivity index (χ2n) is 4.04. The molecule has 1 aliphatic rings. The molecule has 2 amide bonds. The van der Waals surface area contributed by atoms with Gasteiger partial charge in [-0.1, -0.05) is 0 Å². The summed E-state index contributed by atoms with van der Waals surface area (Å²) in [7, 11) is 0. The van der Waals surface area contributed by atoms with Crippen molar-refractivity contribution in [1.82, 2.24) is 9.80 Å². The lowest BCUT2D eigenvalue weighted by atomic mass is 10.3. The first-order valence-corrected chi connectivity index (χ1v) is 5.96. The Labute approximate surface area is 102 Å². The first kappa shape index (κ1) is 13.9. The minimum Gasteiger partial charge on any atom is -0.380 e. The number of rotatable bonds is 5. The van der Waals surface area contributed by atoms with Gasteiger partial charge in [0.1, 0.15) is 0 Å². The van der Waals surface area contributed by atoms with Crippen molar-refractivity contribution < 1.29 is 14.3 Å². The van der Waals surface area contributed by atoms with Gasteiger partial charge in [-0.2, -0.15) is 0 Å². The number of ether oxygens (including phenoxy) is 1. The number of nitrogens with zero attached hydrogens (tertiary/aromatic N) is 2. The third-order valence-corrected chi connectivity index (χ3v) is 2.80. The summed E-state index contributed by atoms with van der Waals surface area (Å²) in [5, 5.41) is 0. The van der Waals surface area contributed by atoms with E-state index in [0.29, 0.717) is 52.4 Å². The molecule has 1 heterocycles. The molecule has 1 saturated heterocycles. The van der Waals surface area contributed by atoms with Gasteiger partial charge in [0.2, 0.25) is 11.8 Å². The van der Waals surface area contributed by atoms with Crippen molar-refractivity contribution in [1.29, 1.82) is 0 Å². The molecular formula is C11H21N3O3. The van der Waals surface area contributed by atoms with E-state index in [1.54, 1.807) is 16.7 Å². The van der Waals surface area contributed by atoms with Gasteiger partial charge in [0.05, 0.1) is 19.6 Å². The van der Waals surface area contributed by atoms with E-state index < -0.39 is 0 Å². The molecule has 0 atom stereocenters.